The molecule has 1 fully saturated rings. The molecule has 17 heavy (non-hydrogen) atoms. The van der Waals surface area contributed by atoms with Crippen molar-refractivity contribution in [2.24, 2.45) is 0 Å². The topological polar surface area (TPSA) is 15.3 Å². The highest BCUT2D eigenvalue weighted by Gasteiger charge is 2.29. The Labute approximate surface area is 113 Å². The highest BCUT2D eigenvalue weighted by Crippen LogP contribution is 2.34. The van der Waals surface area contributed by atoms with Crippen LogP contribution >= 0.6 is 15.9 Å². The van der Waals surface area contributed by atoms with E-state index in [9.17, 15) is 0 Å². The highest BCUT2D eigenvalue weighted by atomic mass is 79.9. The predicted octanol–water partition coefficient (Wildman–Crippen LogP) is 3.55. The minimum absolute atomic E-state index is 0.784. The van der Waals surface area contributed by atoms with Crippen molar-refractivity contribution in [2.45, 2.75) is 38.8 Å². The molecule has 1 aliphatic rings. The lowest BCUT2D eigenvalue weighted by Crippen LogP contribution is -2.28. The van der Waals surface area contributed by atoms with Crippen molar-refractivity contribution in [1.29, 1.82) is 0 Å². The van der Waals surface area contributed by atoms with E-state index < -0.39 is 0 Å². The van der Waals surface area contributed by atoms with Gasteiger partial charge in [0.1, 0.15) is 0 Å². The maximum Gasteiger partial charge on any atom is 0.0415 e. The number of benzene rings is 1. The largest absolute Gasteiger partial charge is 0.368 e. The van der Waals surface area contributed by atoms with E-state index in [0.717, 1.165) is 12.6 Å². The summed E-state index contributed by atoms with van der Waals surface area (Å²) in [4.78, 5) is 2.58. The molecule has 0 saturated heterocycles. The lowest BCUT2D eigenvalue weighted by atomic mass is 10.1. The van der Waals surface area contributed by atoms with Crippen molar-refractivity contribution in [2.75, 3.05) is 18.5 Å². The Morgan fingerprint density at radius 3 is 2.76 bits per heavy atom. The summed E-state index contributed by atoms with van der Waals surface area (Å²) in [6, 6.07) is 7.42. The van der Waals surface area contributed by atoms with E-state index >= 15 is 0 Å². The fourth-order valence-electron chi connectivity index (χ4n) is 2.29. The SMILES string of the molecule is CCCN(c1ccc(Br)cc1CNC)C1CC1. The third-order valence-electron chi connectivity index (χ3n) is 3.17. The zero-order valence-corrected chi connectivity index (χ0v) is 12.3. The number of anilines is 1. The van der Waals surface area contributed by atoms with Crippen molar-refractivity contribution < 1.29 is 0 Å². The molecule has 1 aromatic carbocycles. The second-order valence-corrected chi connectivity index (χ2v) is 5.64. The molecule has 0 spiro atoms. The van der Waals surface area contributed by atoms with Crippen molar-refractivity contribution in [3.8, 4) is 0 Å². The Morgan fingerprint density at radius 1 is 1.41 bits per heavy atom. The normalized spacial score (nSPS) is 15.0. The molecule has 0 heterocycles. The first-order chi connectivity index (χ1) is 8.26. The molecule has 0 radical (unpaired) electrons. The molecular weight excluding hydrogens is 276 g/mol. The average molecular weight is 297 g/mol. The summed E-state index contributed by atoms with van der Waals surface area (Å²) in [6.07, 6.45) is 3.93. The molecule has 0 unspecified atom stereocenters. The molecule has 3 heteroatoms. The quantitative estimate of drug-likeness (QED) is 0.864. The van der Waals surface area contributed by atoms with E-state index in [0.29, 0.717) is 0 Å². The Kier molecular flexibility index (Phi) is 4.46. The lowest BCUT2D eigenvalue weighted by Gasteiger charge is -2.27. The molecule has 0 atom stereocenters. The second-order valence-electron chi connectivity index (χ2n) is 4.73. The summed E-state index contributed by atoms with van der Waals surface area (Å²) in [7, 11) is 2.01. The summed E-state index contributed by atoms with van der Waals surface area (Å²) in [5, 5.41) is 3.26. The van der Waals surface area contributed by atoms with E-state index in [1.54, 1.807) is 0 Å². The summed E-state index contributed by atoms with van der Waals surface area (Å²) in [6.45, 7) is 4.36. The minimum atomic E-state index is 0.784. The fourth-order valence-corrected chi connectivity index (χ4v) is 2.70. The van der Waals surface area contributed by atoms with Gasteiger partial charge in [-0.3, -0.25) is 0 Å². The average Bonchev–Trinajstić information content (AvgIpc) is 3.11. The van der Waals surface area contributed by atoms with Gasteiger partial charge in [-0.1, -0.05) is 22.9 Å². The number of hydrogen-bond donors (Lipinski definition) is 1. The molecule has 1 saturated carbocycles. The Hall–Kier alpha value is -0.540. The van der Waals surface area contributed by atoms with Crippen LogP contribution < -0.4 is 10.2 Å². The van der Waals surface area contributed by atoms with Gasteiger partial charge in [0.25, 0.3) is 0 Å². The number of hydrogen-bond acceptors (Lipinski definition) is 2. The van der Waals surface area contributed by atoms with Gasteiger partial charge in [-0.05, 0) is 50.1 Å². The monoisotopic (exact) mass is 296 g/mol. The number of rotatable bonds is 6. The maximum absolute atomic E-state index is 3.56. The molecule has 94 valence electrons. The Bertz CT molecular complexity index is 374. The first kappa shape index (κ1) is 12.9. The van der Waals surface area contributed by atoms with Crippen LogP contribution in [0, 0.1) is 0 Å². The summed E-state index contributed by atoms with van der Waals surface area (Å²) in [5.74, 6) is 0. The smallest absolute Gasteiger partial charge is 0.0415 e. The van der Waals surface area contributed by atoms with Crippen molar-refractivity contribution in [3.05, 3.63) is 28.2 Å². The first-order valence-electron chi connectivity index (χ1n) is 6.46. The van der Waals surface area contributed by atoms with E-state index in [2.05, 4.69) is 51.3 Å². The second kappa shape index (κ2) is 5.87. The third kappa shape index (κ3) is 3.23. The Balaban J connectivity index is 2.27. The van der Waals surface area contributed by atoms with Gasteiger partial charge in [-0.2, -0.15) is 0 Å². The van der Waals surface area contributed by atoms with Gasteiger partial charge < -0.3 is 10.2 Å². The van der Waals surface area contributed by atoms with Crippen LogP contribution in [-0.4, -0.2) is 19.6 Å². The van der Waals surface area contributed by atoms with Gasteiger partial charge in [0.15, 0.2) is 0 Å². The van der Waals surface area contributed by atoms with Crippen molar-refractivity contribution in [1.82, 2.24) is 5.32 Å². The molecule has 1 aromatic rings. The maximum atomic E-state index is 3.56. The van der Waals surface area contributed by atoms with Crippen LogP contribution in [-0.2, 0) is 6.54 Å². The molecular formula is C14H21BrN2. The highest BCUT2D eigenvalue weighted by molar-refractivity contribution is 9.10. The molecule has 2 rings (SSSR count). The van der Waals surface area contributed by atoms with E-state index in [1.165, 1.54) is 41.5 Å². The van der Waals surface area contributed by atoms with Crippen LogP contribution in [0.15, 0.2) is 22.7 Å². The van der Waals surface area contributed by atoms with E-state index in [-0.39, 0.29) is 0 Å². The van der Waals surface area contributed by atoms with Gasteiger partial charge >= 0.3 is 0 Å². The zero-order valence-electron chi connectivity index (χ0n) is 10.7. The molecule has 2 nitrogen and oxygen atoms in total. The fraction of sp³-hybridized carbons (Fsp3) is 0.571. The third-order valence-corrected chi connectivity index (χ3v) is 3.66. The first-order valence-corrected chi connectivity index (χ1v) is 7.25. The van der Waals surface area contributed by atoms with Gasteiger partial charge in [-0.15, -0.1) is 0 Å². The molecule has 0 aromatic heterocycles. The lowest BCUT2D eigenvalue weighted by molar-refractivity contribution is 0.745. The summed E-state index contributed by atoms with van der Waals surface area (Å²) >= 11 is 3.56. The van der Waals surface area contributed by atoms with Crippen LogP contribution in [0.5, 0.6) is 0 Å². The molecule has 0 bridgehead atoms. The van der Waals surface area contributed by atoms with Crippen LogP contribution in [0.3, 0.4) is 0 Å². The standard InChI is InChI=1S/C14H21BrN2/c1-3-8-17(13-5-6-13)14-7-4-12(15)9-11(14)10-16-2/h4,7,9,13,16H,3,5-6,8,10H2,1-2H3. The van der Waals surface area contributed by atoms with Crippen LogP contribution in [0.1, 0.15) is 31.7 Å². The molecule has 1 N–H and O–H groups in total. The molecule has 0 aliphatic heterocycles. The predicted molar refractivity (Wildman–Crippen MR) is 77.6 cm³/mol. The minimum Gasteiger partial charge on any atom is -0.368 e. The van der Waals surface area contributed by atoms with Gasteiger partial charge in [0, 0.05) is 29.3 Å². The van der Waals surface area contributed by atoms with Crippen LogP contribution in [0.4, 0.5) is 5.69 Å². The number of nitrogens with one attached hydrogen (secondary N) is 1. The van der Waals surface area contributed by atoms with Crippen molar-refractivity contribution >= 4 is 21.6 Å². The number of halogens is 1. The molecule has 1 aliphatic carbocycles. The summed E-state index contributed by atoms with van der Waals surface area (Å²) < 4.78 is 1.17. The van der Waals surface area contributed by atoms with E-state index in [1.807, 2.05) is 7.05 Å². The summed E-state index contributed by atoms with van der Waals surface area (Å²) in [5.41, 5.74) is 2.80. The van der Waals surface area contributed by atoms with E-state index in [4.69, 9.17) is 0 Å². The zero-order chi connectivity index (χ0) is 12.3. The Morgan fingerprint density at radius 2 is 2.18 bits per heavy atom. The van der Waals surface area contributed by atoms with Crippen molar-refractivity contribution in [3.63, 3.8) is 0 Å². The van der Waals surface area contributed by atoms with Crippen LogP contribution in [0.2, 0.25) is 0 Å². The molecule has 0 amide bonds. The van der Waals surface area contributed by atoms with Gasteiger partial charge in [-0.25, -0.2) is 0 Å². The van der Waals surface area contributed by atoms with Gasteiger partial charge in [0.05, 0.1) is 0 Å². The van der Waals surface area contributed by atoms with Crippen LogP contribution in [0.25, 0.3) is 0 Å². The van der Waals surface area contributed by atoms with Gasteiger partial charge in [0.2, 0.25) is 0 Å². The number of nitrogens with zero attached hydrogens (tertiary/aromatic N) is 1.